The van der Waals surface area contributed by atoms with Crippen LogP contribution >= 0.6 is 11.3 Å². The molecule has 1 aliphatic heterocycles. The zero-order chi connectivity index (χ0) is 25.7. The molecule has 0 atom stereocenters. The van der Waals surface area contributed by atoms with Gasteiger partial charge in [-0.3, -0.25) is 4.79 Å². The second-order valence-electron chi connectivity index (χ2n) is 8.46. The summed E-state index contributed by atoms with van der Waals surface area (Å²) in [6.07, 6.45) is 3.82. The van der Waals surface area contributed by atoms with E-state index in [4.69, 9.17) is 14.2 Å². The molecule has 1 aromatic heterocycles. The monoisotopic (exact) mass is 533 g/mol. The highest BCUT2D eigenvalue weighted by Gasteiger charge is 2.25. The van der Waals surface area contributed by atoms with Crippen molar-refractivity contribution < 1.29 is 27.4 Å². The number of aromatic nitrogens is 1. The maximum Gasteiger partial charge on any atom is 0.279 e. The molecule has 0 radical (unpaired) electrons. The Labute approximate surface area is 215 Å². The lowest BCUT2D eigenvalue weighted by atomic mass is 10.2. The number of rotatable bonds is 8. The number of carbonyl (C=O) groups is 1. The van der Waals surface area contributed by atoms with E-state index in [1.807, 2.05) is 16.7 Å². The number of sulfonamides is 1. The Hall–Kier alpha value is -2.73. The molecular weight excluding hydrogens is 502 g/mol. The average Bonchev–Trinajstić information content (AvgIpc) is 3.04. The minimum atomic E-state index is -3.58. The van der Waals surface area contributed by atoms with Crippen LogP contribution in [0.4, 0.5) is 0 Å². The molecule has 1 fully saturated rings. The van der Waals surface area contributed by atoms with Crippen LogP contribution in [0.3, 0.4) is 0 Å². The predicted octanol–water partition coefficient (Wildman–Crippen LogP) is 3.67. The highest BCUT2D eigenvalue weighted by atomic mass is 32.2. The van der Waals surface area contributed by atoms with Gasteiger partial charge in [0.05, 0.1) is 35.9 Å². The second kappa shape index (κ2) is 11.5. The molecule has 2 heterocycles. The number of carbonyl (C=O) groups excluding carboxylic acids is 1. The van der Waals surface area contributed by atoms with E-state index in [2.05, 4.69) is 4.99 Å². The van der Waals surface area contributed by atoms with Crippen molar-refractivity contribution in [3.8, 4) is 11.5 Å². The van der Waals surface area contributed by atoms with Crippen LogP contribution in [0, 0.1) is 0 Å². The first kappa shape index (κ1) is 26.3. The topological polar surface area (TPSA) is 99.4 Å². The van der Waals surface area contributed by atoms with Crippen molar-refractivity contribution in [2.75, 3.05) is 41.0 Å². The van der Waals surface area contributed by atoms with Crippen molar-refractivity contribution in [3.05, 3.63) is 46.8 Å². The lowest BCUT2D eigenvalue weighted by molar-refractivity contribution is 0.0997. The fourth-order valence-corrected chi connectivity index (χ4v) is 6.81. The molecule has 9 nitrogen and oxygen atoms in total. The molecule has 3 aromatic rings. The minimum absolute atomic E-state index is 0.192. The van der Waals surface area contributed by atoms with Crippen molar-refractivity contribution in [2.24, 2.45) is 4.99 Å². The van der Waals surface area contributed by atoms with Crippen LogP contribution in [0.5, 0.6) is 11.5 Å². The summed E-state index contributed by atoms with van der Waals surface area (Å²) in [6, 6.07) is 9.73. The Balaban J connectivity index is 1.67. The number of hydrogen-bond donors (Lipinski definition) is 0. The number of fused-ring (bicyclic) bond motifs is 1. The molecule has 1 amide bonds. The standard InChI is InChI=1S/C25H31N3O6S2/c1-32-15-14-28-20-16-21(33-2)22(34-3)17-23(20)35-25(28)26-24(29)18-8-10-19(11-9-18)36(30,31)27-12-6-4-5-7-13-27/h8-11,16-17H,4-7,12-15H2,1-3H3. The molecule has 4 rings (SSSR count). The molecular formula is C25H31N3O6S2. The summed E-state index contributed by atoms with van der Waals surface area (Å²) in [7, 11) is 1.17. The van der Waals surface area contributed by atoms with Crippen molar-refractivity contribution in [1.82, 2.24) is 8.87 Å². The molecule has 0 unspecified atom stereocenters. The van der Waals surface area contributed by atoms with Gasteiger partial charge in [0.1, 0.15) is 0 Å². The van der Waals surface area contributed by atoms with E-state index < -0.39 is 15.9 Å². The maximum atomic E-state index is 13.1. The van der Waals surface area contributed by atoms with Gasteiger partial charge in [-0.05, 0) is 37.1 Å². The van der Waals surface area contributed by atoms with Gasteiger partial charge in [0.15, 0.2) is 16.3 Å². The molecule has 0 spiro atoms. The van der Waals surface area contributed by atoms with Crippen LogP contribution in [0.15, 0.2) is 46.3 Å². The van der Waals surface area contributed by atoms with Gasteiger partial charge < -0.3 is 18.8 Å². The van der Waals surface area contributed by atoms with Crippen LogP contribution < -0.4 is 14.3 Å². The number of hydrogen-bond acceptors (Lipinski definition) is 7. The molecule has 0 saturated carbocycles. The summed E-state index contributed by atoms with van der Waals surface area (Å²) in [4.78, 5) is 18.1. The third-order valence-corrected chi connectivity index (χ3v) is 9.16. The van der Waals surface area contributed by atoms with E-state index in [1.165, 1.54) is 35.6 Å². The van der Waals surface area contributed by atoms with Gasteiger partial charge in [-0.25, -0.2) is 8.42 Å². The smallest absolute Gasteiger partial charge is 0.279 e. The SMILES string of the molecule is COCCn1c(=NC(=O)c2ccc(S(=O)(=O)N3CCCCCC3)cc2)sc2cc(OC)c(OC)cc21. The van der Waals surface area contributed by atoms with E-state index in [1.54, 1.807) is 25.6 Å². The Morgan fingerprint density at radius 3 is 2.22 bits per heavy atom. The molecule has 36 heavy (non-hydrogen) atoms. The molecule has 11 heteroatoms. The summed E-state index contributed by atoms with van der Waals surface area (Å²) in [5.74, 6) is 0.711. The highest BCUT2D eigenvalue weighted by molar-refractivity contribution is 7.89. The van der Waals surface area contributed by atoms with E-state index >= 15 is 0 Å². The number of ether oxygens (including phenoxy) is 3. The van der Waals surface area contributed by atoms with Gasteiger partial charge in [0, 0.05) is 44.4 Å². The summed E-state index contributed by atoms with van der Waals surface area (Å²) in [5.41, 5.74) is 1.16. The largest absolute Gasteiger partial charge is 0.493 e. The number of amides is 1. The summed E-state index contributed by atoms with van der Waals surface area (Å²) >= 11 is 1.36. The third-order valence-electron chi connectivity index (χ3n) is 6.21. The molecule has 0 aliphatic carbocycles. The van der Waals surface area contributed by atoms with E-state index in [9.17, 15) is 13.2 Å². The molecule has 2 aromatic carbocycles. The highest BCUT2D eigenvalue weighted by Crippen LogP contribution is 2.33. The van der Waals surface area contributed by atoms with Gasteiger partial charge >= 0.3 is 0 Å². The van der Waals surface area contributed by atoms with Crippen LogP contribution in [0.25, 0.3) is 10.2 Å². The van der Waals surface area contributed by atoms with Crippen molar-refractivity contribution in [2.45, 2.75) is 37.1 Å². The number of benzene rings is 2. The van der Waals surface area contributed by atoms with Crippen molar-refractivity contribution >= 4 is 37.5 Å². The number of nitrogens with zero attached hydrogens (tertiary/aromatic N) is 3. The molecule has 0 N–H and O–H groups in total. The van der Waals surface area contributed by atoms with E-state index in [0.717, 1.165) is 35.9 Å². The Morgan fingerprint density at radius 2 is 1.61 bits per heavy atom. The van der Waals surface area contributed by atoms with Gasteiger partial charge in [-0.15, -0.1) is 0 Å². The van der Waals surface area contributed by atoms with Crippen LogP contribution in [0.1, 0.15) is 36.0 Å². The zero-order valence-corrected chi connectivity index (χ0v) is 22.4. The molecule has 194 valence electrons. The Bertz CT molecular complexity index is 1390. The summed E-state index contributed by atoms with van der Waals surface area (Å²) in [6.45, 7) is 1.98. The van der Waals surface area contributed by atoms with Gasteiger partial charge in [0.2, 0.25) is 10.0 Å². The predicted molar refractivity (Wildman–Crippen MR) is 138 cm³/mol. The molecule has 1 aliphatic rings. The van der Waals surface area contributed by atoms with E-state index in [-0.39, 0.29) is 4.90 Å². The Morgan fingerprint density at radius 1 is 0.972 bits per heavy atom. The fourth-order valence-electron chi connectivity index (χ4n) is 4.23. The van der Waals surface area contributed by atoms with Crippen molar-refractivity contribution in [3.63, 3.8) is 0 Å². The van der Waals surface area contributed by atoms with Crippen LogP contribution in [-0.2, 0) is 21.3 Å². The maximum absolute atomic E-state index is 13.1. The first-order valence-electron chi connectivity index (χ1n) is 11.8. The summed E-state index contributed by atoms with van der Waals surface area (Å²) < 4.78 is 46.5. The number of methoxy groups -OCH3 is 3. The Kier molecular flexibility index (Phi) is 8.45. The van der Waals surface area contributed by atoms with Crippen molar-refractivity contribution in [1.29, 1.82) is 0 Å². The lowest BCUT2D eigenvalue weighted by Crippen LogP contribution is -2.31. The second-order valence-corrected chi connectivity index (χ2v) is 11.4. The first-order valence-corrected chi connectivity index (χ1v) is 14.1. The third kappa shape index (κ3) is 5.49. The van der Waals surface area contributed by atoms with Gasteiger partial charge in [-0.1, -0.05) is 24.2 Å². The van der Waals surface area contributed by atoms with Crippen LogP contribution in [-0.4, -0.2) is 64.2 Å². The fraction of sp³-hybridized carbons (Fsp3) is 0.440. The first-order chi connectivity index (χ1) is 17.4. The normalized spacial score (nSPS) is 15.7. The quantitative estimate of drug-likeness (QED) is 0.438. The van der Waals surface area contributed by atoms with E-state index in [0.29, 0.717) is 48.1 Å². The number of thiazole rings is 1. The van der Waals surface area contributed by atoms with Gasteiger partial charge in [-0.2, -0.15) is 9.30 Å². The lowest BCUT2D eigenvalue weighted by Gasteiger charge is -2.19. The molecule has 0 bridgehead atoms. The zero-order valence-electron chi connectivity index (χ0n) is 20.7. The summed E-state index contributed by atoms with van der Waals surface area (Å²) in [5, 5.41) is 0. The van der Waals surface area contributed by atoms with Gasteiger partial charge in [0.25, 0.3) is 5.91 Å². The minimum Gasteiger partial charge on any atom is -0.493 e. The van der Waals surface area contributed by atoms with Crippen LogP contribution in [0.2, 0.25) is 0 Å². The molecule has 1 saturated heterocycles. The average molecular weight is 534 g/mol.